The molecule has 0 saturated heterocycles. The van der Waals surface area contributed by atoms with Crippen LogP contribution in [0.4, 0.5) is 0 Å². The van der Waals surface area contributed by atoms with E-state index in [1.807, 2.05) is 0 Å². The molecular weight excluding hydrogens is 705 g/mol. The van der Waals surface area contributed by atoms with Gasteiger partial charge in [-0.05, 0) is 106 Å². The molecule has 4 aromatic carbocycles. The molecule has 4 heterocycles. The summed E-state index contributed by atoms with van der Waals surface area (Å²) in [7, 11) is 4.35. The molecule has 8 aromatic rings. The maximum Gasteiger partial charge on any atom is 0.229 e. The third kappa shape index (κ3) is 6.20. The van der Waals surface area contributed by atoms with E-state index in [1.54, 1.807) is 0 Å². The van der Waals surface area contributed by atoms with Crippen LogP contribution in [0.2, 0.25) is 0 Å². The minimum atomic E-state index is 0.352. The number of benzene rings is 4. The summed E-state index contributed by atoms with van der Waals surface area (Å²) in [6.45, 7) is 23.3. The predicted molar refractivity (Wildman–Crippen MR) is 245 cm³/mol. The molecule has 58 heavy (non-hydrogen) atoms. The minimum Gasteiger partial charge on any atom is -0.303 e. The van der Waals surface area contributed by atoms with Crippen LogP contribution in [0.1, 0.15) is 112 Å². The normalized spacial score (nSPS) is 12.1. The Hall–Kier alpha value is -5.74. The zero-order chi connectivity index (χ0) is 41.2. The monoisotopic (exact) mass is 764 g/mol. The summed E-state index contributed by atoms with van der Waals surface area (Å²) in [6, 6.07) is 41.0. The fourth-order valence-corrected chi connectivity index (χ4v) is 9.66. The van der Waals surface area contributed by atoms with Gasteiger partial charge in [-0.2, -0.15) is 9.13 Å². The minimum absolute atomic E-state index is 0.352. The number of hydrogen-bond acceptors (Lipinski definition) is 0. The first-order chi connectivity index (χ1) is 27.8. The van der Waals surface area contributed by atoms with E-state index in [0.717, 1.165) is 0 Å². The van der Waals surface area contributed by atoms with Crippen molar-refractivity contribution >= 4 is 21.8 Å². The number of hydrogen-bond donors (Lipinski definition) is 0. The molecule has 0 saturated carbocycles. The molecule has 0 aliphatic rings. The number of fused-ring (bicyclic) bond motifs is 2. The molecule has 4 nitrogen and oxygen atoms in total. The van der Waals surface area contributed by atoms with Crippen molar-refractivity contribution in [2.24, 2.45) is 14.1 Å². The molecule has 8 rings (SSSR count). The van der Waals surface area contributed by atoms with Crippen molar-refractivity contribution in [1.82, 2.24) is 9.13 Å². The third-order valence-corrected chi connectivity index (χ3v) is 12.5. The second-order valence-corrected chi connectivity index (χ2v) is 17.6. The van der Waals surface area contributed by atoms with Crippen LogP contribution in [-0.4, -0.2) is 9.13 Å². The first-order valence-electron chi connectivity index (χ1n) is 21.3. The highest BCUT2D eigenvalue weighted by atomic mass is 15.1. The quantitative estimate of drug-likeness (QED) is 0.130. The molecule has 0 bridgehead atoms. The van der Waals surface area contributed by atoms with E-state index in [9.17, 15) is 0 Å². The fourth-order valence-electron chi connectivity index (χ4n) is 9.66. The van der Waals surface area contributed by atoms with Crippen LogP contribution in [0.25, 0.3) is 67.1 Å². The average Bonchev–Trinajstić information content (AvgIpc) is 3.67. The maximum atomic E-state index is 2.61. The summed E-state index contributed by atoms with van der Waals surface area (Å²) >= 11 is 0. The van der Waals surface area contributed by atoms with E-state index in [2.05, 4.69) is 223 Å². The number of aromatic nitrogens is 4. The summed E-state index contributed by atoms with van der Waals surface area (Å²) in [5.41, 5.74) is 20.5. The van der Waals surface area contributed by atoms with Crippen LogP contribution in [0, 0.1) is 13.8 Å². The van der Waals surface area contributed by atoms with Gasteiger partial charge in [0.25, 0.3) is 0 Å². The molecule has 4 heteroatoms. The number of pyridine rings is 2. The summed E-state index contributed by atoms with van der Waals surface area (Å²) in [6.07, 6.45) is 4.35. The lowest BCUT2D eigenvalue weighted by Gasteiger charge is -2.23. The Morgan fingerprint density at radius 3 is 1.03 bits per heavy atom. The van der Waals surface area contributed by atoms with Crippen LogP contribution in [-0.2, 0) is 14.1 Å². The van der Waals surface area contributed by atoms with Gasteiger partial charge in [0.15, 0.2) is 12.4 Å². The number of rotatable bonds is 9. The van der Waals surface area contributed by atoms with Crippen LogP contribution in [0.15, 0.2) is 122 Å². The highest BCUT2D eigenvalue weighted by Crippen LogP contribution is 2.47. The lowest BCUT2D eigenvalue weighted by molar-refractivity contribution is -0.660. The zero-order valence-electron chi connectivity index (χ0n) is 36.6. The van der Waals surface area contributed by atoms with Crippen molar-refractivity contribution in [2.75, 3.05) is 0 Å². The molecule has 4 aromatic heterocycles. The fraction of sp³-hybridized carbons (Fsp3) is 0.296. The number of para-hydroxylation sites is 2. The molecule has 0 spiro atoms. The van der Waals surface area contributed by atoms with E-state index >= 15 is 0 Å². The van der Waals surface area contributed by atoms with Gasteiger partial charge in [-0.3, -0.25) is 0 Å². The molecule has 0 atom stereocenters. The Morgan fingerprint density at radius 2 is 0.724 bits per heavy atom. The van der Waals surface area contributed by atoms with Crippen LogP contribution >= 0.6 is 0 Å². The maximum absolute atomic E-state index is 2.61. The molecule has 0 fully saturated rings. The smallest absolute Gasteiger partial charge is 0.229 e. The summed E-state index contributed by atoms with van der Waals surface area (Å²) in [5, 5.41) is 2.60. The Labute approximate surface area is 346 Å². The second kappa shape index (κ2) is 15.2. The predicted octanol–water partition coefficient (Wildman–Crippen LogP) is 13.3. The van der Waals surface area contributed by atoms with Gasteiger partial charge in [-0.25, -0.2) is 0 Å². The number of nitrogens with zero attached hydrogens (tertiary/aromatic N) is 4. The first kappa shape index (κ1) is 39.1. The van der Waals surface area contributed by atoms with Crippen molar-refractivity contribution in [3.05, 3.63) is 155 Å². The topological polar surface area (TPSA) is 17.6 Å². The van der Waals surface area contributed by atoms with Crippen LogP contribution in [0.5, 0.6) is 0 Å². The van der Waals surface area contributed by atoms with Gasteiger partial charge in [0, 0.05) is 35.0 Å². The average molecular weight is 765 g/mol. The van der Waals surface area contributed by atoms with E-state index < -0.39 is 0 Å². The Kier molecular flexibility index (Phi) is 10.3. The van der Waals surface area contributed by atoms with Crippen LogP contribution < -0.4 is 9.13 Å². The van der Waals surface area contributed by atoms with E-state index in [4.69, 9.17) is 0 Å². The third-order valence-electron chi connectivity index (χ3n) is 12.5. The Bertz CT molecular complexity index is 2590. The van der Waals surface area contributed by atoms with Crippen molar-refractivity contribution in [3.8, 4) is 45.3 Å². The summed E-state index contributed by atoms with van der Waals surface area (Å²) < 4.78 is 9.77. The molecule has 294 valence electrons. The van der Waals surface area contributed by atoms with E-state index in [1.165, 1.54) is 100 Å². The molecule has 0 unspecified atom stereocenters. The Balaban J connectivity index is 1.56. The van der Waals surface area contributed by atoms with Crippen molar-refractivity contribution < 1.29 is 9.13 Å². The van der Waals surface area contributed by atoms with E-state index in [0.29, 0.717) is 23.7 Å². The Morgan fingerprint density at radius 1 is 0.397 bits per heavy atom. The highest BCUT2D eigenvalue weighted by molar-refractivity contribution is 6.11. The van der Waals surface area contributed by atoms with Gasteiger partial charge in [-0.1, -0.05) is 116 Å². The number of aryl methyl sites for hydroxylation is 4. The van der Waals surface area contributed by atoms with Crippen LogP contribution in [0.3, 0.4) is 0 Å². The van der Waals surface area contributed by atoms with Gasteiger partial charge < -0.3 is 9.13 Å². The highest BCUT2D eigenvalue weighted by Gasteiger charge is 2.31. The lowest BCUT2D eigenvalue weighted by Crippen LogP contribution is -2.31. The molecule has 0 N–H and O–H groups in total. The van der Waals surface area contributed by atoms with E-state index in [-0.39, 0.29) is 0 Å². The van der Waals surface area contributed by atoms with Crippen molar-refractivity contribution in [1.29, 1.82) is 0 Å². The molecule has 0 amide bonds. The van der Waals surface area contributed by atoms with Gasteiger partial charge in [0.05, 0.1) is 22.4 Å². The van der Waals surface area contributed by atoms with Gasteiger partial charge in [0.2, 0.25) is 11.4 Å². The zero-order valence-corrected chi connectivity index (χ0v) is 36.6. The van der Waals surface area contributed by atoms with Gasteiger partial charge >= 0.3 is 0 Å². The first-order valence-corrected chi connectivity index (χ1v) is 21.3. The largest absolute Gasteiger partial charge is 0.303 e. The second-order valence-electron chi connectivity index (χ2n) is 17.6. The SMILES string of the molecule is Cc1c(-c2cccc[n+]2C)n(-c2c(C(C)C)cccc2C(C)C)c2cccc(-c3cccc4c3c(C)c(-c3cccc[n+]3C)n4-c3c(C(C)C)cccc3C(C)C)c12. The lowest BCUT2D eigenvalue weighted by atomic mass is 9.92. The molecule has 0 radical (unpaired) electrons. The summed E-state index contributed by atoms with van der Waals surface area (Å²) in [5.74, 6) is 1.41. The summed E-state index contributed by atoms with van der Waals surface area (Å²) in [4.78, 5) is 0. The van der Waals surface area contributed by atoms with Gasteiger partial charge in [0.1, 0.15) is 25.5 Å². The van der Waals surface area contributed by atoms with Crippen molar-refractivity contribution in [3.63, 3.8) is 0 Å². The molecular formula is C54H60N4+2. The van der Waals surface area contributed by atoms with Crippen molar-refractivity contribution in [2.45, 2.75) is 92.9 Å². The molecule has 0 aliphatic heterocycles. The molecule has 0 aliphatic carbocycles. The standard InChI is InChI=1S/C54H60N4/c1-33(2)39-21-17-22-40(34(3)4)53(39)57-45-29-19-25-43(49(45)37(9)51(57)47-27-13-15-31-55(47)11)44-26-20-30-46-50(44)38(10)52(48-28-14-16-32-56(48)12)58(46)54-41(35(5)6)23-18-24-42(54)36(7)8/h13-36H,1-12H3/q+2. The van der Waals surface area contributed by atoms with Gasteiger partial charge in [-0.15, -0.1) is 0 Å².